The van der Waals surface area contributed by atoms with E-state index < -0.39 is 12.1 Å². The Morgan fingerprint density at radius 3 is 2.74 bits per heavy atom. The Morgan fingerprint density at radius 2 is 1.91 bits per heavy atom. The number of H-pyrrole nitrogens is 1. The van der Waals surface area contributed by atoms with Gasteiger partial charge in [0.2, 0.25) is 5.91 Å². The van der Waals surface area contributed by atoms with Gasteiger partial charge in [0.1, 0.15) is 25.8 Å². The van der Waals surface area contributed by atoms with Crippen molar-refractivity contribution in [3.05, 3.63) is 59.8 Å². The third-order valence-corrected chi connectivity index (χ3v) is 6.21. The number of imide groups is 1. The van der Waals surface area contributed by atoms with Gasteiger partial charge < -0.3 is 24.7 Å². The summed E-state index contributed by atoms with van der Waals surface area (Å²) in [5.74, 6) is 0.652. The van der Waals surface area contributed by atoms with E-state index in [1.165, 1.54) is 0 Å². The third kappa shape index (κ3) is 4.16. The summed E-state index contributed by atoms with van der Waals surface area (Å²) in [7, 11) is 0. The number of aromatic nitrogens is 1. The summed E-state index contributed by atoms with van der Waals surface area (Å²) in [6, 6.07) is 12.1. The van der Waals surface area contributed by atoms with Crippen LogP contribution in [-0.2, 0) is 22.6 Å². The number of aromatic amines is 1. The smallest absolute Gasteiger partial charge is 0.325 e. The lowest BCUT2D eigenvalue weighted by Gasteiger charge is -2.24. The number of para-hydroxylation sites is 1. The Kier molecular flexibility index (Phi) is 5.83. The molecule has 0 unspecified atom stereocenters. The Bertz CT molecular complexity index is 1250. The van der Waals surface area contributed by atoms with Crippen molar-refractivity contribution in [3.8, 4) is 11.5 Å². The number of amides is 4. The number of ether oxygens (including phenoxy) is 2. The van der Waals surface area contributed by atoms with Crippen molar-refractivity contribution in [2.45, 2.75) is 25.9 Å². The van der Waals surface area contributed by atoms with Gasteiger partial charge in [-0.2, -0.15) is 0 Å². The van der Waals surface area contributed by atoms with Crippen molar-refractivity contribution < 1.29 is 23.9 Å². The zero-order valence-electron chi connectivity index (χ0n) is 18.9. The summed E-state index contributed by atoms with van der Waals surface area (Å²) in [6.07, 6.45) is 2.21. The molecule has 34 heavy (non-hydrogen) atoms. The molecule has 2 aliphatic heterocycles. The van der Waals surface area contributed by atoms with Crippen LogP contribution in [0.5, 0.6) is 11.5 Å². The van der Waals surface area contributed by atoms with Crippen LogP contribution < -0.4 is 14.8 Å². The van der Waals surface area contributed by atoms with E-state index in [1.807, 2.05) is 55.6 Å². The van der Waals surface area contributed by atoms with Crippen molar-refractivity contribution >= 4 is 28.7 Å². The molecule has 9 nitrogen and oxygen atoms in total. The number of nitrogens with zero attached hydrogens (tertiary/aromatic N) is 2. The van der Waals surface area contributed by atoms with Crippen LogP contribution >= 0.6 is 0 Å². The zero-order chi connectivity index (χ0) is 23.7. The second-order valence-corrected chi connectivity index (χ2v) is 8.38. The fraction of sp³-hybridized carbons (Fsp3) is 0.320. The number of hydrogen-bond donors (Lipinski definition) is 2. The van der Waals surface area contributed by atoms with E-state index in [4.69, 9.17) is 9.47 Å². The Balaban J connectivity index is 1.24. The van der Waals surface area contributed by atoms with Gasteiger partial charge in [-0.15, -0.1) is 0 Å². The minimum Gasteiger partial charge on any atom is -0.486 e. The maximum atomic E-state index is 13.0. The molecule has 3 aromatic rings. The van der Waals surface area contributed by atoms with Crippen molar-refractivity contribution in [1.82, 2.24) is 20.1 Å². The number of fused-ring (bicyclic) bond motifs is 2. The number of rotatable bonds is 7. The maximum absolute atomic E-state index is 13.0. The number of benzene rings is 2. The molecule has 1 aromatic heterocycles. The molecule has 1 fully saturated rings. The molecule has 0 aliphatic carbocycles. The first-order valence-electron chi connectivity index (χ1n) is 11.4. The highest BCUT2D eigenvalue weighted by molar-refractivity contribution is 6.06. The predicted octanol–water partition coefficient (Wildman–Crippen LogP) is 2.45. The average molecular weight is 463 g/mol. The summed E-state index contributed by atoms with van der Waals surface area (Å²) < 4.78 is 11.2. The van der Waals surface area contributed by atoms with E-state index in [0.717, 1.165) is 26.9 Å². The highest BCUT2D eigenvalue weighted by Gasteiger charge is 2.39. The molecule has 4 amide bonds. The quantitative estimate of drug-likeness (QED) is 0.525. The van der Waals surface area contributed by atoms with Gasteiger partial charge in [-0.25, -0.2) is 4.79 Å². The second-order valence-electron chi connectivity index (χ2n) is 8.38. The van der Waals surface area contributed by atoms with Crippen LogP contribution in [0.1, 0.15) is 18.1 Å². The normalized spacial score (nSPS) is 17.2. The molecular formula is C25H26N4O5. The van der Waals surface area contributed by atoms with Crippen LogP contribution in [0, 0.1) is 0 Å². The molecule has 0 saturated carbocycles. The van der Waals surface area contributed by atoms with E-state index in [1.54, 1.807) is 4.90 Å². The molecule has 2 N–H and O–H groups in total. The van der Waals surface area contributed by atoms with Gasteiger partial charge in [0, 0.05) is 36.6 Å². The van der Waals surface area contributed by atoms with Gasteiger partial charge in [0.05, 0.1) is 0 Å². The highest BCUT2D eigenvalue weighted by Crippen LogP contribution is 2.31. The minimum atomic E-state index is -0.702. The summed E-state index contributed by atoms with van der Waals surface area (Å²) in [6.45, 7) is 3.34. The number of urea groups is 1. The molecular weight excluding hydrogens is 436 g/mol. The SMILES string of the molecule is CCN(Cc1ccc2c(c1)OCCO2)C(=O)CN1C(=O)N[C@@H](Cc2c[nH]c3ccccc23)C1=O. The number of carbonyl (C=O) groups excluding carboxylic acids is 3. The molecule has 0 spiro atoms. The first-order chi connectivity index (χ1) is 16.5. The highest BCUT2D eigenvalue weighted by atomic mass is 16.6. The number of hydrogen-bond acceptors (Lipinski definition) is 5. The van der Waals surface area contributed by atoms with Crippen molar-refractivity contribution in [2.75, 3.05) is 26.3 Å². The third-order valence-electron chi connectivity index (χ3n) is 6.21. The molecule has 2 aliphatic rings. The van der Waals surface area contributed by atoms with Crippen LogP contribution in [0.15, 0.2) is 48.7 Å². The molecule has 3 heterocycles. The van der Waals surface area contributed by atoms with E-state index in [0.29, 0.717) is 44.2 Å². The van der Waals surface area contributed by atoms with Gasteiger partial charge in [0.25, 0.3) is 5.91 Å². The van der Waals surface area contributed by atoms with E-state index in [2.05, 4.69) is 10.3 Å². The zero-order valence-corrected chi connectivity index (χ0v) is 18.9. The fourth-order valence-corrected chi connectivity index (χ4v) is 4.40. The van der Waals surface area contributed by atoms with Crippen LogP contribution in [0.4, 0.5) is 4.79 Å². The van der Waals surface area contributed by atoms with Crippen LogP contribution in [0.2, 0.25) is 0 Å². The number of nitrogens with one attached hydrogen (secondary N) is 2. The molecule has 1 atom stereocenters. The summed E-state index contributed by atoms with van der Waals surface area (Å²) in [5, 5.41) is 3.74. The van der Waals surface area contributed by atoms with Crippen LogP contribution in [0.25, 0.3) is 10.9 Å². The van der Waals surface area contributed by atoms with Crippen LogP contribution in [0.3, 0.4) is 0 Å². The van der Waals surface area contributed by atoms with Gasteiger partial charge in [-0.05, 0) is 36.2 Å². The lowest BCUT2D eigenvalue weighted by Crippen LogP contribution is -2.43. The Hall–Kier alpha value is -4.01. The monoisotopic (exact) mass is 462 g/mol. The van der Waals surface area contributed by atoms with Gasteiger partial charge in [-0.3, -0.25) is 14.5 Å². The Labute approximate surface area is 196 Å². The molecule has 9 heteroatoms. The molecule has 2 aromatic carbocycles. The van der Waals surface area contributed by atoms with Gasteiger partial charge >= 0.3 is 6.03 Å². The van der Waals surface area contributed by atoms with Crippen LogP contribution in [-0.4, -0.2) is 65.0 Å². The number of carbonyl (C=O) groups is 3. The van der Waals surface area contributed by atoms with Crippen molar-refractivity contribution in [2.24, 2.45) is 0 Å². The molecule has 5 rings (SSSR count). The van der Waals surface area contributed by atoms with Crippen molar-refractivity contribution in [1.29, 1.82) is 0 Å². The topological polar surface area (TPSA) is 104 Å². The van der Waals surface area contributed by atoms with Gasteiger partial charge in [-0.1, -0.05) is 24.3 Å². The first-order valence-corrected chi connectivity index (χ1v) is 11.4. The summed E-state index contributed by atoms with van der Waals surface area (Å²) >= 11 is 0. The second kappa shape index (κ2) is 9.09. The molecule has 1 saturated heterocycles. The Morgan fingerprint density at radius 1 is 1.12 bits per heavy atom. The van der Waals surface area contributed by atoms with E-state index in [9.17, 15) is 14.4 Å². The number of likely N-dealkylation sites (N-methyl/N-ethyl adjacent to an activating group) is 1. The largest absolute Gasteiger partial charge is 0.486 e. The van der Waals surface area contributed by atoms with E-state index in [-0.39, 0.29) is 18.4 Å². The summed E-state index contributed by atoms with van der Waals surface area (Å²) in [5.41, 5.74) is 2.80. The standard InChI is InChI=1S/C25H26N4O5/c1-2-28(14-16-7-8-21-22(11-16)34-10-9-33-21)23(30)15-29-24(31)20(27-25(29)32)12-17-13-26-19-6-4-3-5-18(17)19/h3-8,11,13,20,26H,2,9-10,12,14-15H2,1H3,(H,27,32)/t20-/m0/s1. The predicted molar refractivity (Wildman–Crippen MR) is 125 cm³/mol. The lowest BCUT2D eigenvalue weighted by molar-refractivity contribution is -0.137. The lowest BCUT2D eigenvalue weighted by atomic mass is 10.1. The van der Waals surface area contributed by atoms with E-state index >= 15 is 0 Å². The fourth-order valence-electron chi connectivity index (χ4n) is 4.40. The van der Waals surface area contributed by atoms with Crippen molar-refractivity contribution in [3.63, 3.8) is 0 Å². The minimum absolute atomic E-state index is 0.298. The molecule has 176 valence electrons. The van der Waals surface area contributed by atoms with Gasteiger partial charge in [0.15, 0.2) is 11.5 Å². The molecule has 0 radical (unpaired) electrons. The maximum Gasteiger partial charge on any atom is 0.325 e. The average Bonchev–Trinajstić information content (AvgIpc) is 3.38. The first kappa shape index (κ1) is 21.8. The molecule has 0 bridgehead atoms. The summed E-state index contributed by atoms with van der Waals surface area (Å²) in [4.78, 5) is 44.3.